The van der Waals surface area contributed by atoms with Crippen molar-refractivity contribution in [1.82, 2.24) is 0 Å². The minimum atomic E-state index is -0.0754. The van der Waals surface area contributed by atoms with Crippen molar-refractivity contribution in [3.8, 4) is 0 Å². The zero-order chi connectivity index (χ0) is 18.6. The minimum Gasteiger partial charge on any atom is -0.293 e. The van der Waals surface area contributed by atoms with Crippen molar-refractivity contribution in [2.45, 2.75) is 65.7 Å². The van der Waals surface area contributed by atoms with Gasteiger partial charge in [-0.2, -0.15) is 0 Å². The molecule has 2 rings (SSSR count). The summed E-state index contributed by atoms with van der Waals surface area (Å²) in [5.74, 6) is 1.32. The number of ketones is 1. The maximum Gasteiger partial charge on any atom is 0.170 e. The van der Waals surface area contributed by atoms with Gasteiger partial charge in [0.05, 0.1) is 0 Å². The molecule has 1 nitrogen and oxygen atoms in total. The monoisotopic (exact) mass is 336 g/mol. The maximum atomic E-state index is 13.6. The Balaban J connectivity index is 2.52. The van der Waals surface area contributed by atoms with E-state index >= 15 is 0 Å². The Morgan fingerprint density at radius 1 is 0.840 bits per heavy atom. The number of carbonyl (C=O) groups excluding carboxylic acids is 1. The van der Waals surface area contributed by atoms with Gasteiger partial charge in [-0.3, -0.25) is 4.79 Å². The molecule has 0 aromatic heterocycles. The zero-order valence-corrected chi connectivity index (χ0v) is 16.5. The first-order valence-electron chi connectivity index (χ1n) is 9.59. The van der Waals surface area contributed by atoms with E-state index in [1.165, 1.54) is 11.1 Å². The van der Waals surface area contributed by atoms with E-state index in [1.54, 1.807) is 0 Å². The van der Waals surface area contributed by atoms with Gasteiger partial charge in [0.1, 0.15) is 0 Å². The number of rotatable bonds is 7. The Labute approximate surface area is 153 Å². The van der Waals surface area contributed by atoms with Crippen LogP contribution in [0, 0.1) is 5.92 Å². The number of hydrogen-bond donors (Lipinski definition) is 0. The van der Waals surface area contributed by atoms with E-state index in [4.69, 9.17) is 0 Å². The first-order valence-corrected chi connectivity index (χ1v) is 9.59. The van der Waals surface area contributed by atoms with E-state index in [1.807, 2.05) is 18.2 Å². The van der Waals surface area contributed by atoms with Gasteiger partial charge in [0.2, 0.25) is 0 Å². The van der Waals surface area contributed by atoms with E-state index in [9.17, 15) is 4.79 Å². The zero-order valence-electron chi connectivity index (χ0n) is 16.5. The summed E-state index contributed by atoms with van der Waals surface area (Å²) in [6, 6.07) is 16.7. The predicted octanol–water partition coefficient (Wildman–Crippen LogP) is 6.95. The highest BCUT2D eigenvalue weighted by Crippen LogP contribution is 2.34. The van der Waals surface area contributed by atoms with E-state index in [0.717, 1.165) is 17.5 Å². The molecule has 2 aromatic rings. The lowest BCUT2D eigenvalue weighted by Gasteiger charge is -2.25. The Kier molecular flexibility index (Phi) is 6.58. The molecule has 0 saturated carbocycles. The highest BCUT2D eigenvalue weighted by molar-refractivity contribution is 6.02. The summed E-state index contributed by atoms with van der Waals surface area (Å²) in [7, 11) is 0. The van der Waals surface area contributed by atoms with Crippen molar-refractivity contribution in [3.63, 3.8) is 0 Å². The molecule has 0 bridgehead atoms. The maximum absolute atomic E-state index is 13.6. The summed E-state index contributed by atoms with van der Waals surface area (Å²) in [6.45, 7) is 13.1. The second-order valence-electron chi connectivity index (χ2n) is 7.79. The third kappa shape index (κ3) is 4.39. The predicted molar refractivity (Wildman–Crippen MR) is 108 cm³/mol. The van der Waals surface area contributed by atoms with Crippen LogP contribution in [-0.2, 0) is 0 Å². The first-order chi connectivity index (χ1) is 11.9. The molecule has 0 amide bonds. The Morgan fingerprint density at radius 2 is 1.48 bits per heavy atom. The third-order valence-corrected chi connectivity index (χ3v) is 5.28. The molecule has 2 aromatic carbocycles. The van der Waals surface area contributed by atoms with E-state index < -0.39 is 0 Å². The second-order valence-corrected chi connectivity index (χ2v) is 7.79. The molecule has 2 atom stereocenters. The lowest BCUT2D eigenvalue weighted by molar-refractivity contribution is 0.0930. The standard InChI is InChI=1S/C24H32O/c1-7-18(6)23(19-11-9-8-10-12-19)24(25)21-14-13-20(16(2)3)15-22(21)17(4)5/h8-18,23H,7H2,1-6H3. The van der Waals surface area contributed by atoms with Gasteiger partial charge >= 0.3 is 0 Å². The molecule has 1 heteroatoms. The number of benzene rings is 2. The molecule has 0 saturated heterocycles. The molecule has 134 valence electrons. The van der Waals surface area contributed by atoms with Gasteiger partial charge in [-0.05, 0) is 34.4 Å². The number of Topliss-reactive ketones (excluding diaryl/α,β-unsaturated/α-hetero) is 1. The summed E-state index contributed by atoms with van der Waals surface area (Å²) in [5, 5.41) is 0. The van der Waals surface area contributed by atoms with E-state index in [-0.39, 0.29) is 11.7 Å². The van der Waals surface area contributed by atoms with Crippen molar-refractivity contribution in [2.75, 3.05) is 0 Å². The summed E-state index contributed by atoms with van der Waals surface area (Å²) in [6.07, 6.45) is 0.992. The molecule has 0 heterocycles. The van der Waals surface area contributed by atoms with Crippen molar-refractivity contribution in [1.29, 1.82) is 0 Å². The molecule has 25 heavy (non-hydrogen) atoms. The lowest BCUT2D eigenvalue weighted by atomic mass is 9.78. The fourth-order valence-electron chi connectivity index (χ4n) is 3.44. The molecule has 2 unspecified atom stereocenters. The molecule has 0 radical (unpaired) electrons. The first kappa shape index (κ1) is 19.4. The molecule has 0 aliphatic heterocycles. The van der Waals surface area contributed by atoms with Gasteiger partial charge < -0.3 is 0 Å². The average Bonchev–Trinajstić information content (AvgIpc) is 2.61. The van der Waals surface area contributed by atoms with Crippen molar-refractivity contribution < 1.29 is 4.79 Å². The molecule has 0 aliphatic carbocycles. The average molecular weight is 337 g/mol. The van der Waals surface area contributed by atoms with Gasteiger partial charge in [-0.1, -0.05) is 96.5 Å². The van der Waals surface area contributed by atoms with E-state index in [0.29, 0.717) is 17.8 Å². The SMILES string of the molecule is CCC(C)C(C(=O)c1ccc(C(C)C)cc1C(C)C)c1ccccc1. The van der Waals surface area contributed by atoms with Crippen LogP contribution in [0.25, 0.3) is 0 Å². The lowest BCUT2D eigenvalue weighted by Crippen LogP contribution is -2.21. The van der Waals surface area contributed by atoms with Gasteiger partial charge in [0.15, 0.2) is 5.78 Å². The second kappa shape index (κ2) is 8.47. The quantitative estimate of drug-likeness (QED) is 0.500. The van der Waals surface area contributed by atoms with Crippen LogP contribution in [0.5, 0.6) is 0 Å². The largest absolute Gasteiger partial charge is 0.293 e. The van der Waals surface area contributed by atoms with Gasteiger partial charge in [-0.15, -0.1) is 0 Å². The summed E-state index contributed by atoms with van der Waals surface area (Å²) in [5.41, 5.74) is 4.51. The van der Waals surface area contributed by atoms with Crippen molar-refractivity contribution in [3.05, 3.63) is 70.8 Å². The molecular formula is C24H32O. The summed E-state index contributed by atoms with van der Waals surface area (Å²) < 4.78 is 0. The van der Waals surface area contributed by atoms with Gasteiger partial charge in [0, 0.05) is 11.5 Å². The van der Waals surface area contributed by atoms with Crippen LogP contribution >= 0.6 is 0 Å². The normalized spacial score (nSPS) is 13.9. The smallest absolute Gasteiger partial charge is 0.170 e. The molecule has 0 fully saturated rings. The van der Waals surface area contributed by atoms with Crippen LogP contribution in [-0.4, -0.2) is 5.78 Å². The van der Waals surface area contributed by atoms with Crippen molar-refractivity contribution in [2.24, 2.45) is 5.92 Å². The topological polar surface area (TPSA) is 17.1 Å². The molecule has 0 N–H and O–H groups in total. The van der Waals surface area contributed by atoms with Crippen LogP contribution in [0.4, 0.5) is 0 Å². The Hall–Kier alpha value is -1.89. The Bertz CT molecular complexity index is 697. The highest BCUT2D eigenvalue weighted by Gasteiger charge is 2.28. The van der Waals surface area contributed by atoms with Crippen LogP contribution in [0.3, 0.4) is 0 Å². The summed E-state index contributed by atoms with van der Waals surface area (Å²) >= 11 is 0. The van der Waals surface area contributed by atoms with Crippen LogP contribution < -0.4 is 0 Å². The highest BCUT2D eigenvalue weighted by atomic mass is 16.1. The fraction of sp³-hybridized carbons (Fsp3) is 0.458. The van der Waals surface area contributed by atoms with Crippen molar-refractivity contribution >= 4 is 5.78 Å². The number of hydrogen-bond acceptors (Lipinski definition) is 1. The number of carbonyl (C=O) groups is 1. The van der Waals surface area contributed by atoms with E-state index in [2.05, 4.69) is 71.9 Å². The van der Waals surface area contributed by atoms with Crippen LogP contribution in [0.1, 0.15) is 92.8 Å². The van der Waals surface area contributed by atoms with Gasteiger partial charge in [0.25, 0.3) is 0 Å². The summed E-state index contributed by atoms with van der Waals surface area (Å²) in [4.78, 5) is 13.6. The molecular weight excluding hydrogens is 304 g/mol. The fourth-order valence-corrected chi connectivity index (χ4v) is 3.44. The molecule has 0 aliphatic rings. The minimum absolute atomic E-state index is 0.0754. The third-order valence-electron chi connectivity index (χ3n) is 5.28. The Morgan fingerprint density at radius 3 is 2.00 bits per heavy atom. The van der Waals surface area contributed by atoms with Gasteiger partial charge in [-0.25, -0.2) is 0 Å². The van der Waals surface area contributed by atoms with Crippen LogP contribution in [0.15, 0.2) is 48.5 Å². The van der Waals surface area contributed by atoms with Crippen LogP contribution in [0.2, 0.25) is 0 Å². The molecule has 0 spiro atoms.